The second kappa shape index (κ2) is 7.55. The Morgan fingerprint density at radius 3 is 2.21 bits per heavy atom. The SMILES string of the molecule is CN(C(=N)/C=C\C(=N)c1cc2nccnc2cc1O)C1CC(C)(C)NC(C)(C)C1. The molecule has 2 aromatic rings. The number of fused-ring (bicyclic) bond motifs is 1. The molecule has 0 amide bonds. The summed E-state index contributed by atoms with van der Waals surface area (Å²) in [7, 11) is 1.93. The minimum Gasteiger partial charge on any atom is -0.507 e. The smallest absolute Gasteiger partial charge is 0.127 e. The molecule has 1 aliphatic rings. The predicted molar refractivity (Wildman–Crippen MR) is 117 cm³/mol. The lowest BCUT2D eigenvalue weighted by Gasteiger charge is -2.49. The summed E-state index contributed by atoms with van der Waals surface area (Å²) in [5.41, 5.74) is 1.68. The molecule has 7 heteroatoms. The van der Waals surface area contributed by atoms with E-state index in [1.807, 2.05) is 11.9 Å². The van der Waals surface area contributed by atoms with Gasteiger partial charge in [0.1, 0.15) is 11.6 Å². The number of hydrogen-bond acceptors (Lipinski definition) is 6. The fourth-order valence-corrected chi connectivity index (χ4v) is 4.32. The van der Waals surface area contributed by atoms with Gasteiger partial charge in [0, 0.05) is 48.2 Å². The van der Waals surface area contributed by atoms with E-state index >= 15 is 0 Å². The Balaban J connectivity index is 1.74. The topological polar surface area (TPSA) is 109 Å². The lowest BCUT2D eigenvalue weighted by atomic mass is 9.79. The summed E-state index contributed by atoms with van der Waals surface area (Å²) < 4.78 is 0. The summed E-state index contributed by atoms with van der Waals surface area (Å²) in [6, 6.07) is 3.39. The van der Waals surface area contributed by atoms with Crippen molar-refractivity contribution in [2.45, 2.75) is 57.7 Å². The van der Waals surface area contributed by atoms with E-state index in [0.29, 0.717) is 22.4 Å². The molecule has 0 radical (unpaired) electrons. The average molecular weight is 395 g/mol. The van der Waals surface area contributed by atoms with Gasteiger partial charge in [-0.1, -0.05) is 0 Å². The van der Waals surface area contributed by atoms with Crippen LogP contribution in [0.4, 0.5) is 0 Å². The maximum atomic E-state index is 10.3. The van der Waals surface area contributed by atoms with Crippen molar-refractivity contribution < 1.29 is 5.11 Å². The third-order valence-electron chi connectivity index (χ3n) is 5.38. The Bertz CT molecular complexity index is 962. The van der Waals surface area contributed by atoms with E-state index in [1.54, 1.807) is 30.6 Å². The van der Waals surface area contributed by atoms with Crippen LogP contribution in [0.15, 0.2) is 36.7 Å². The summed E-state index contributed by atoms with van der Waals surface area (Å²) in [6.45, 7) is 8.76. The van der Waals surface area contributed by atoms with Crippen molar-refractivity contribution in [1.82, 2.24) is 20.2 Å². The Labute approximate surface area is 171 Å². The fourth-order valence-electron chi connectivity index (χ4n) is 4.32. The lowest BCUT2D eigenvalue weighted by molar-refractivity contribution is 0.114. The standard InChI is InChI=1S/C22H30N6O/c1-21(2)12-14(13-22(3,4)27-21)28(5)20(24)7-6-16(23)15-10-17-18(11-19(15)29)26-9-8-25-17/h6-11,14,23-24,27,29H,12-13H2,1-5H3/b7-6-,23-16?,24-20?. The van der Waals surface area contributed by atoms with Gasteiger partial charge in [-0.15, -0.1) is 0 Å². The quantitative estimate of drug-likeness (QED) is 0.469. The second-order valence-corrected chi connectivity index (χ2v) is 9.11. The zero-order valence-electron chi connectivity index (χ0n) is 17.7. The third-order valence-corrected chi connectivity index (χ3v) is 5.38. The molecule has 3 rings (SSSR count). The highest BCUT2D eigenvalue weighted by atomic mass is 16.3. The van der Waals surface area contributed by atoms with E-state index in [9.17, 15) is 5.11 Å². The number of aromatic hydroxyl groups is 1. The summed E-state index contributed by atoms with van der Waals surface area (Å²) in [5.74, 6) is 0.322. The van der Waals surface area contributed by atoms with Crippen LogP contribution in [0.25, 0.3) is 11.0 Å². The van der Waals surface area contributed by atoms with Crippen LogP contribution < -0.4 is 5.32 Å². The van der Waals surface area contributed by atoms with Gasteiger partial charge in [-0.25, -0.2) is 0 Å². The zero-order valence-corrected chi connectivity index (χ0v) is 17.7. The number of nitrogens with one attached hydrogen (secondary N) is 3. The third kappa shape index (κ3) is 4.79. The van der Waals surface area contributed by atoms with Crippen LogP contribution in [0.3, 0.4) is 0 Å². The first kappa shape index (κ1) is 20.9. The summed E-state index contributed by atoms with van der Waals surface area (Å²) in [5, 5.41) is 30.7. The molecule has 1 aromatic carbocycles. The number of nitrogens with zero attached hydrogens (tertiary/aromatic N) is 3. The summed E-state index contributed by atoms with van der Waals surface area (Å²) >= 11 is 0. The van der Waals surface area contributed by atoms with Gasteiger partial charge in [-0.2, -0.15) is 0 Å². The number of hydrogen-bond donors (Lipinski definition) is 4. The molecule has 0 bridgehead atoms. The van der Waals surface area contributed by atoms with Crippen LogP contribution >= 0.6 is 0 Å². The van der Waals surface area contributed by atoms with Crippen LogP contribution in [0.5, 0.6) is 5.75 Å². The van der Waals surface area contributed by atoms with Crippen LogP contribution in [-0.2, 0) is 0 Å². The molecule has 0 aliphatic carbocycles. The summed E-state index contributed by atoms with van der Waals surface area (Å²) in [6.07, 6.45) is 8.18. The highest BCUT2D eigenvalue weighted by molar-refractivity contribution is 6.12. The van der Waals surface area contributed by atoms with Crippen molar-refractivity contribution in [3.63, 3.8) is 0 Å². The molecular formula is C22H30N6O. The van der Waals surface area contributed by atoms with Gasteiger partial charge in [0.2, 0.25) is 0 Å². The van der Waals surface area contributed by atoms with Gasteiger partial charge in [-0.3, -0.25) is 15.4 Å². The number of benzene rings is 1. The van der Waals surface area contributed by atoms with Gasteiger partial charge in [0.25, 0.3) is 0 Å². The Kier molecular flexibility index (Phi) is 5.45. The van der Waals surface area contributed by atoms with Crippen LogP contribution in [0.2, 0.25) is 0 Å². The van der Waals surface area contributed by atoms with E-state index < -0.39 is 0 Å². The molecule has 0 unspecified atom stereocenters. The first-order valence-corrected chi connectivity index (χ1v) is 9.79. The number of piperidine rings is 1. The molecule has 154 valence electrons. The van der Waals surface area contributed by atoms with Gasteiger partial charge < -0.3 is 20.7 Å². The molecule has 0 spiro atoms. The van der Waals surface area contributed by atoms with Crippen molar-refractivity contribution in [2.24, 2.45) is 0 Å². The molecule has 0 saturated carbocycles. The summed E-state index contributed by atoms with van der Waals surface area (Å²) in [4.78, 5) is 10.4. The van der Waals surface area contributed by atoms with Crippen molar-refractivity contribution in [3.05, 3.63) is 42.2 Å². The first-order chi connectivity index (χ1) is 13.5. The highest BCUT2D eigenvalue weighted by Crippen LogP contribution is 2.31. The van der Waals surface area contributed by atoms with Gasteiger partial charge in [0.15, 0.2) is 0 Å². The minimum atomic E-state index is -0.0191. The highest BCUT2D eigenvalue weighted by Gasteiger charge is 2.39. The number of allylic oxidation sites excluding steroid dienone is 1. The van der Waals surface area contributed by atoms with Crippen LogP contribution in [-0.4, -0.2) is 55.7 Å². The van der Waals surface area contributed by atoms with Gasteiger partial charge in [-0.05, 0) is 58.8 Å². The monoisotopic (exact) mass is 394 g/mol. The van der Waals surface area contributed by atoms with E-state index in [4.69, 9.17) is 10.8 Å². The Morgan fingerprint density at radius 2 is 1.62 bits per heavy atom. The molecule has 1 saturated heterocycles. The van der Waals surface area contributed by atoms with Crippen molar-refractivity contribution >= 4 is 22.6 Å². The van der Waals surface area contributed by atoms with E-state index in [0.717, 1.165) is 12.8 Å². The van der Waals surface area contributed by atoms with Crippen molar-refractivity contribution in [2.75, 3.05) is 7.05 Å². The second-order valence-electron chi connectivity index (χ2n) is 9.11. The number of likely N-dealkylation sites (N-methyl/N-ethyl adjacent to an activating group) is 1. The maximum Gasteiger partial charge on any atom is 0.127 e. The predicted octanol–water partition coefficient (Wildman–Crippen LogP) is 3.48. The molecule has 29 heavy (non-hydrogen) atoms. The normalized spacial score (nSPS) is 18.8. The molecule has 7 nitrogen and oxygen atoms in total. The van der Waals surface area contributed by atoms with Crippen molar-refractivity contribution in [3.8, 4) is 5.75 Å². The molecule has 1 fully saturated rings. The molecule has 2 heterocycles. The van der Waals surface area contributed by atoms with Gasteiger partial charge >= 0.3 is 0 Å². The zero-order chi connectivity index (χ0) is 21.4. The number of aromatic nitrogens is 2. The largest absolute Gasteiger partial charge is 0.507 e. The molecule has 1 aromatic heterocycles. The Hall–Kier alpha value is -2.80. The Morgan fingerprint density at radius 1 is 1.07 bits per heavy atom. The molecular weight excluding hydrogens is 364 g/mol. The molecule has 1 aliphatic heterocycles. The van der Waals surface area contributed by atoms with E-state index in [2.05, 4.69) is 43.0 Å². The van der Waals surface area contributed by atoms with Crippen LogP contribution in [0, 0.1) is 10.8 Å². The number of amidine groups is 1. The van der Waals surface area contributed by atoms with Gasteiger partial charge in [0.05, 0.1) is 16.7 Å². The number of rotatable bonds is 4. The van der Waals surface area contributed by atoms with Crippen molar-refractivity contribution in [1.29, 1.82) is 10.8 Å². The number of phenolic OH excluding ortho intramolecular Hbond substituents is 1. The maximum absolute atomic E-state index is 10.3. The minimum absolute atomic E-state index is 0.00466. The average Bonchev–Trinajstić information content (AvgIpc) is 2.62. The van der Waals surface area contributed by atoms with Crippen LogP contribution in [0.1, 0.15) is 46.1 Å². The van der Waals surface area contributed by atoms with E-state index in [-0.39, 0.29) is 28.6 Å². The number of phenols is 1. The fraction of sp³-hybridized carbons (Fsp3) is 0.455. The molecule has 4 N–H and O–H groups in total. The lowest BCUT2D eigenvalue weighted by Crippen LogP contribution is -2.62. The first-order valence-electron chi connectivity index (χ1n) is 9.79. The van der Waals surface area contributed by atoms with E-state index in [1.165, 1.54) is 6.07 Å². The molecule has 0 atom stereocenters.